The van der Waals surface area contributed by atoms with Crippen molar-refractivity contribution in [1.82, 2.24) is 0 Å². The van der Waals surface area contributed by atoms with Crippen LogP contribution in [-0.2, 0) is 43.1 Å². The van der Waals surface area contributed by atoms with E-state index in [1.54, 1.807) is 0 Å². The molecular formula is C11H17NO10S. The maximum Gasteiger partial charge on any atom is 0.345 e. The highest BCUT2D eigenvalue weighted by Gasteiger charge is 2.48. The molecule has 0 aliphatic carbocycles. The van der Waals surface area contributed by atoms with Crippen molar-refractivity contribution in [1.29, 1.82) is 0 Å². The largest absolute Gasteiger partial charge is 0.478 e. The highest BCUT2D eigenvalue weighted by atomic mass is 32.2. The van der Waals surface area contributed by atoms with Crippen molar-refractivity contribution < 1.29 is 46.3 Å². The zero-order valence-electron chi connectivity index (χ0n) is 12.3. The summed E-state index contributed by atoms with van der Waals surface area (Å²) in [5.41, 5.74) is 0. The molecule has 1 aliphatic rings. The van der Waals surface area contributed by atoms with Gasteiger partial charge in [-0.2, -0.15) is 8.42 Å². The van der Waals surface area contributed by atoms with Gasteiger partial charge in [-0.1, -0.05) is 0 Å². The average molecular weight is 355 g/mol. The van der Waals surface area contributed by atoms with E-state index in [9.17, 15) is 22.8 Å². The number of hydrogen-bond donors (Lipinski definition) is 2. The van der Waals surface area contributed by atoms with Crippen molar-refractivity contribution in [2.75, 3.05) is 13.2 Å². The highest BCUT2D eigenvalue weighted by molar-refractivity contribution is 7.84. The first-order valence-corrected chi connectivity index (χ1v) is 7.84. The second-order valence-electron chi connectivity index (χ2n) is 4.76. The lowest BCUT2D eigenvalue weighted by Gasteiger charge is -2.25. The van der Waals surface area contributed by atoms with E-state index in [0.29, 0.717) is 0 Å². The van der Waals surface area contributed by atoms with Gasteiger partial charge < -0.3 is 19.3 Å². The molecule has 132 valence electrons. The Balaban J connectivity index is 2.94. The normalized spacial score (nSPS) is 25.6. The molecule has 12 heteroatoms. The van der Waals surface area contributed by atoms with E-state index >= 15 is 0 Å². The van der Waals surface area contributed by atoms with Crippen molar-refractivity contribution >= 4 is 28.2 Å². The molecule has 0 saturated carbocycles. The molecule has 0 bridgehead atoms. The van der Waals surface area contributed by atoms with E-state index < -0.39 is 59.0 Å². The van der Waals surface area contributed by atoms with Crippen molar-refractivity contribution in [2.24, 2.45) is 11.1 Å². The van der Waals surface area contributed by atoms with Crippen LogP contribution in [-0.4, -0.2) is 63.0 Å². The molecule has 1 fully saturated rings. The number of hydrogen-bond acceptors (Lipinski definition) is 9. The molecule has 1 rings (SSSR count). The summed E-state index contributed by atoms with van der Waals surface area (Å²) in [4.78, 5) is 33.5. The predicted octanol–water partition coefficient (Wildman–Crippen LogP) is -1.83. The smallest absolute Gasteiger partial charge is 0.345 e. The van der Waals surface area contributed by atoms with Crippen molar-refractivity contribution in [2.45, 2.75) is 32.2 Å². The molecule has 1 saturated heterocycles. The molecule has 23 heavy (non-hydrogen) atoms. The van der Waals surface area contributed by atoms with Gasteiger partial charge in [-0.25, -0.2) is 9.93 Å². The van der Waals surface area contributed by atoms with Crippen LogP contribution in [0.2, 0.25) is 0 Å². The Morgan fingerprint density at radius 3 is 2.35 bits per heavy atom. The lowest BCUT2D eigenvalue weighted by molar-refractivity contribution is -0.172. The summed E-state index contributed by atoms with van der Waals surface area (Å²) in [6.45, 7) is 1.27. The number of carboxylic acids is 1. The van der Waals surface area contributed by atoms with Gasteiger partial charge in [0.15, 0.2) is 0 Å². The number of carbonyl (C=O) groups excluding carboxylic acids is 2. The fraction of sp³-hybridized carbons (Fsp3) is 0.727. The lowest BCUT2D eigenvalue weighted by Crippen LogP contribution is -2.44. The molecule has 0 amide bonds. The maximum absolute atomic E-state index is 11.3. The van der Waals surface area contributed by atoms with E-state index in [0.717, 1.165) is 13.8 Å². The van der Waals surface area contributed by atoms with E-state index in [2.05, 4.69) is 4.18 Å². The molecule has 11 nitrogen and oxygen atoms in total. The quantitative estimate of drug-likeness (QED) is 0.495. The van der Waals surface area contributed by atoms with Crippen molar-refractivity contribution in [3.05, 3.63) is 0 Å². The Kier molecular flexibility index (Phi) is 6.44. The van der Waals surface area contributed by atoms with E-state index in [-0.39, 0.29) is 6.61 Å². The monoisotopic (exact) mass is 355 g/mol. The third kappa shape index (κ3) is 6.09. The van der Waals surface area contributed by atoms with E-state index in [1.165, 1.54) is 0 Å². The number of esters is 2. The van der Waals surface area contributed by atoms with Crippen LogP contribution in [0.4, 0.5) is 0 Å². The first-order valence-electron chi connectivity index (χ1n) is 6.37. The minimum absolute atomic E-state index is 0.249. The second kappa shape index (κ2) is 7.68. The van der Waals surface area contributed by atoms with Crippen LogP contribution in [0.15, 0.2) is 0 Å². The zero-order valence-corrected chi connectivity index (χ0v) is 13.1. The maximum atomic E-state index is 11.3. The first-order chi connectivity index (χ1) is 10.5. The van der Waals surface area contributed by atoms with Crippen LogP contribution < -0.4 is 5.14 Å². The molecule has 0 aromatic rings. The van der Waals surface area contributed by atoms with Gasteiger partial charge in [-0.05, 0) is 0 Å². The number of carboxylic acid groups (broad SMARTS) is 1. The summed E-state index contributed by atoms with van der Waals surface area (Å²) in [6.07, 6.45) is -3.90. The third-order valence-electron chi connectivity index (χ3n) is 2.91. The topological polar surface area (TPSA) is 169 Å². The average Bonchev–Trinajstić information content (AvgIpc) is 2.74. The Morgan fingerprint density at radius 1 is 1.30 bits per heavy atom. The zero-order chi connectivity index (χ0) is 17.8. The highest BCUT2D eigenvalue weighted by Crippen LogP contribution is 2.29. The summed E-state index contributed by atoms with van der Waals surface area (Å²) in [5, 5.41) is 13.9. The molecule has 0 radical (unpaired) electrons. The van der Waals surface area contributed by atoms with E-state index in [4.69, 9.17) is 24.5 Å². The van der Waals surface area contributed by atoms with Crippen LogP contribution in [0.1, 0.15) is 13.8 Å². The second-order valence-corrected chi connectivity index (χ2v) is 5.98. The van der Waals surface area contributed by atoms with Crippen LogP contribution in [0, 0.1) is 5.92 Å². The summed E-state index contributed by atoms with van der Waals surface area (Å²) >= 11 is 0. The Morgan fingerprint density at radius 2 is 1.91 bits per heavy atom. The fourth-order valence-electron chi connectivity index (χ4n) is 2.12. The van der Waals surface area contributed by atoms with Gasteiger partial charge in [0.1, 0.15) is 12.2 Å². The molecule has 0 unspecified atom stereocenters. The van der Waals surface area contributed by atoms with Gasteiger partial charge in [-0.3, -0.25) is 13.8 Å². The van der Waals surface area contributed by atoms with Gasteiger partial charge in [0.25, 0.3) is 0 Å². The van der Waals surface area contributed by atoms with Crippen LogP contribution >= 0.6 is 0 Å². The van der Waals surface area contributed by atoms with Gasteiger partial charge in [-0.15, -0.1) is 0 Å². The molecule has 0 aromatic carbocycles. The number of carbonyl (C=O) groups is 3. The van der Waals surface area contributed by atoms with Crippen molar-refractivity contribution in [3.8, 4) is 0 Å². The number of nitrogens with two attached hydrogens (primary N) is 1. The van der Waals surface area contributed by atoms with Crippen LogP contribution in [0.5, 0.6) is 0 Å². The summed E-state index contributed by atoms with van der Waals surface area (Å²) in [7, 11) is -4.26. The molecule has 1 heterocycles. The number of rotatable bonds is 7. The minimum Gasteiger partial charge on any atom is -0.478 e. The van der Waals surface area contributed by atoms with Gasteiger partial charge >= 0.3 is 28.2 Å². The first kappa shape index (κ1) is 19.3. The van der Waals surface area contributed by atoms with Crippen LogP contribution in [0.3, 0.4) is 0 Å². The van der Waals surface area contributed by atoms with Gasteiger partial charge in [0.05, 0.1) is 19.1 Å². The lowest BCUT2D eigenvalue weighted by atomic mass is 9.95. The summed E-state index contributed by atoms with van der Waals surface area (Å²) in [5.74, 6) is -4.09. The van der Waals surface area contributed by atoms with Crippen molar-refractivity contribution in [3.63, 3.8) is 0 Å². The minimum atomic E-state index is -4.26. The number of ether oxygens (including phenoxy) is 3. The van der Waals surface area contributed by atoms with Crippen LogP contribution in [0.25, 0.3) is 0 Å². The SMILES string of the molecule is CC(=O)O[C@@H]1[C@H]([C@H](OC(C)=O)C(=O)O)CO[C@@H]1COS(N)(=O)=O. The summed E-state index contributed by atoms with van der Waals surface area (Å²) < 4.78 is 40.9. The summed E-state index contributed by atoms with van der Waals surface area (Å²) in [6, 6.07) is 0. The third-order valence-corrected chi connectivity index (χ3v) is 3.38. The fourth-order valence-corrected chi connectivity index (χ4v) is 2.44. The van der Waals surface area contributed by atoms with E-state index in [1.807, 2.05) is 0 Å². The molecule has 0 aromatic heterocycles. The predicted molar refractivity (Wildman–Crippen MR) is 71.0 cm³/mol. The molecule has 3 N–H and O–H groups in total. The molecule has 1 aliphatic heterocycles. The standard InChI is InChI=1S/C11H17NO10S/c1-5(13)21-9-7(10(11(15)16)22-6(2)14)3-19-8(9)4-20-23(12,17)18/h7-10H,3-4H2,1-2H3,(H,15,16)(H2,12,17,18)/t7-,8-,9-,10+/m1/s1. The Labute approximate surface area is 131 Å². The molecule has 4 atom stereocenters. The van der Waals surface area contributed by atoms with Gasteiger partial charge in [0.2, 0.25) is 6.10 Å². The number of aliphatic carboxylic acids is 1. The molecule has 0 spiro atoms. The Hall–Kier alpha value is -1.76. The Bertz CT molecular complexity index is 573. The van der Waals surface area contributed by atoms with Gasteiger partial charge in [0, 0.05) is 13.8 Å². The molecular weight excluding hydrogens is 338 g/mol.